The molecule has 0 amide bonds. The monoisotopic (exact) mass is 478 g/mol. The van der Waals surface area contributed by atoms with Crippen LogP contribution in [0.1, 0.15) is 24.2 Å². The first kappa shape index (κ1) is 25.4. The summed E-state index contributed by atoms with van der Waals surface area (Å²) < 4.78 is 4.75. The molecule has 3 aromatic rings. The van der Waals surface area contributed by atoms with Crippen molar-refractivity contribution in [3.05, 3.63) is 71.9 Å². The molecule has 0 radical (unpaired) electrons. The van der Waals surface area contributed by atoms with E-state index in [-0.39, 0.29) is 12.5 Å². The first-order chi connectivity index (χ1) is 17.0. The fourth-order valence-corrected chi connectivity index (χ4v) is 3.60. The Morgan fingerprint density at radius 1 is 1.09 bits per heavy atom. The normalized spacial score (nSPS) is 13.8. The van der Waals surface area contributed by atoms with E-state index in [2.05, 4.69) is 30.3 Å². The van der Waals surface area contributed by atoms with Gasteiger partial charge in [-0.25, -0.2) is 0 Å². The lowest BCUT2D eigenvalue weighted by atomic mass is 10.1. The van der Waals surface area contributed by atoms with E-state index in [0.717, 1.165) is 43.0 Å². The highest BCUT2D eigenvalue weighted by Gasteiger charge is 2.20. The van der Waals surface area contributed by atoms with Crippen LogP contribution in [0.3, 0.4) is 0 Å². The molecule has 0 saturated carbocycles. The molecule has 184 valence electrons. The molecule has 4 rings (SSSR count). The van der Waals surface area contributed by atoms with Crippen molar-refractivity contribution >= 4 is 29.9 Å². The number of carboxylic acids is 1. The molecule has 35 heavy (non-hydrogen) atoms. The first-order valence-electron chi connectivity index (χ1n) is 11.3. The summed E-state index contributed by atoms with van der Waals surface area (Å²) >= 11 is 0. The lowest BCUT2D eigenvalue weighted by molar-refractivity contribution is -0.136. The summed E-state index contributed by atoms with van der Waals surface area (Å²) in [5, 5.41) is 19.9. The van der Waals surface area contributed by atoms with Crippen LogP contribution in [0.5, 0.6) is 0 Å². The minimum atomic E-state index is -0.811. The van der Waals surface area contributed by atoms with E-state index in [1.165, 1.54) is 0 Å². The van der Waals surface area contributed by atoms with E-state index in [1.54, 1.807) is 13.2 Å². The van der Waals surface area contributed by atoms with E-state index < -0.39 is 5.97 Å². The van der Waals surface area contributed by atoms with Gasteiger partial charge < -0.3 is 25.0 Å². The van der Waals surface area contributed by atoms with E-state index in [1.807, 2.05) is 61.5 Å². The third kappa shape index (κ3) is 7.66. The molecule has 1 atom stereocenters. The minimum Gasteiger partial charge on any atom is -0.481 e. The quantitative estimate of drug-likeness (QED) is 0.468. The van der Waals surface area contributed by atoms with E-state index in [4.69, 9.17) is 9.84 Å². The Hall–Kier alpha value is -4.21. The molecule has 1 aliphatic heterocycles. The lowest BCUT2D eigenvalue weighted by Gasteiger charge is -2.36. The van der Waals surface area contributed by atoms with Gasteiger partial charge in [-0.2, -0.15) is 10.1 Å². The zero-order chi connectivity index (χ0) is 25.0. The standard InChI is InChI=1S/C16H20N6O2.C9H10O2/c1-17-14-11-18-20-16(19-14)22-8-6-21(7-9-22)13-4-2-12(3-5-13)10-15(23)24;1-8(11-7-10)9-5-3-2-4-6-9/h2-5,11H,6-10H2,1H3,(H,23,24)(H,17,19,20);2-8H,1H3. The second-order valence-electron chi connectivity index (χ2n) is 7.89. The van der Waals surface area contributed by atoms with Gasteiger partial charge in [-0.05, 0) is 30.2 Å². The van der Waals surface area contributed by atoms with Crippen LogP contribution in [0.2, 0.25) is 0 Å². The summed E-state index contributed by atoms with van der Waals surface area (Å²) in [6.07, 6.45) is 1.51. The smallest absolute Gasteiger partial charge is 0.307 e. The van der Waals surface area contributed by atoms with Gasteiger partial charge in [0.15, 0.2) is 0 Å². The third-order valence-corrected chi connectivity index (χ3v) is 5.55. The van der Waals surface area contributed by atoms with Crippen molar-refractivity contribution in [3.63, 3.8) is 0 Å². The summed E-state index contributed by atoms with van der Waals surface area (Å²) in [6, 6.07) is 17.3. The average Bonchev–Trinajstić information content (AvgIpc) is 2.90. The van der Waals surface area contributed by atoms with Crippen LogP contribution >= 0.6 is 0 Å². The molecule has 2 aromatic carbocycles. The Bertz CT molecular complexity index is 1070. The number of ether oxygens (including phenoxy) is 1. The topological polar surface area (TPSA) is 121 Å². The average molecular weight is 479 g/mol. The summed E-state index contributed by atoms with van der Waals surface area (Å²) in [5.74, 6) is 0.531. The number of hydrogen-bond acceptors (Lipinski definition) is 9. The molecule has 10 nitrogen and oxygen atoms in total. The highest BCUT2D eigenvalue weighted by Crippen LogP contribution is 2.19. The van der Waals surface area contributed by atoms with Crippen molar-refractivity contribution in [2.24, 2.45) is 0 Å². The van der Waals surface area contributed by atoms with Crippen molar-refractivity contribution in [2.75, 3.05) is 48.3 Å². The van der Waals surface area contributed by atoms with Crippen molar-refractivity contribution < 1.29 is 19.4 Å². The second-order valence-corrected chi connectivity index (χ2v) is 7.89. The van der Waals surface area contributed by atoms with Gasteiger partial charge in [0.1, 0.15) is 11.9 Å². The molecule has 2 N–H and O–H groups in total. The number of piperazine rings is 1. The number of carboxylic acid groups (broad SMARTS) is 1. The molecule has 0 bridgehead atoms. The van der Waals surface area contributed by atoms with E-state index in [0.29, 0.717) is 18.2 Å². The van der Waals surface area contributed by atoms with Gasteiger partial charge in [0, 0.05) is 38.9 Å². The summed E-state index contributed by atoms with van der Waals surface area (Å²) in [6.45, 7) is 5.63. The zero-order valence-electron chi connectivity index (χ0n) is 19.9. The van der Waals surface area contributed by atoms with Crippen LogP contribution in [0, 0.1) is 0 Å². The highest BCUT2D eigenvalue weighted by molar-refractivity contribution is 5.70. The molecular weight excluding hydrogens is 448 g/mol. The highest BCUT2D eigenvalue weighted by atomic mass is 16.5. The molecule has 0 aliphatic carbocycles. The number of nitrogens with zero attached hydrogens (tertiary/aromatic N) is 5. The maximum Gasteiger partial charge on any atom is 0.307 e. The molecule has 1 aliphatic rings. The molecule has 0 spiro atoms. The second kappa shape index (κ2) is 12.9. The van der Waals surface area contributed by atoms with Crippen LogP contribution in [0.15, 0.2) is 60.8 Å². The van der Waals surface area contributed by atoms with Crippen LogP contribution in [0.4, 0.5) is 17.5 Å². The third-order valence-electron chi connectivity index (χ3n) is 5.55. The largest absolute Gasteiger partial charge is 0.481 e. The van der Waals surface area contributed by atoms with Gasteiger partial charge >= 0.3 is 5.97 Å². The van der Waals surface area contributed by atoms with Crippen LogP contribution in [-0.2, 0) is 20.7 Å². The molecule has 1 unspecified atom stereocenters. The Morgan fingerprint density at radius 2 is 1.74 bits per heavy atom. The molecular formula is C25H30N6O4. The summed E-state index contributed by atoms with van der Waals surface area (Å²) in [5.41, 5.74) is 2.93. The van der Waals surface area contributed by atoms with Gasteiger partial charge in [0.2, 0.25) is 5.95 Å². The minimum absolute atomic E-state index is 0.0558. The van der Waals surface area contributed by atoms with Crippen molar-refractivity contribution in [1.29, 1.82) is 0 Å². The Morgan fingerprint density at radius 3 is 2.34 bits per heavy atom. The molecule has 10 heteroatoms. The van der Waals surface area contributed by atoms with E-state index in [9.17, 15) is 9.59 Å². The Balaban J connectivity index is 0.000000261. The number of rotatable bonds is 8. The van der Waals surface area contributed by atoms with Gasteiger partial charge in [-0.1, -0.05) is 42.5 Å². The maximum absolute atomic E-state index is 10.7. The Kier molecular flexibility index (Phi) is 9.35. The van der Waals surface area contributed by atoms with Gasteiger partial charge in [-0.3, -0.25) is 9.59 Å². The number of hydrogen-bond donors (Lipinski definition) is 2. The van der Waals surface area contributed by atoms with Gasteiger partial charge in [-0.15, -0.1) is 5.10 Å². The first-order valence-corrected chi connectivity index (χ1v) is 11.3. The molecule has 1 aromatic heterocycles. The number of nitrogens with one attached hydrogen (secondary N) is 1. The number of carbonyl (C=O) groups excluding carboxylic acids is 1. The fraction of sp³-hybridized carbons (Fsp3) is 0.320. The molecule has 1 saturated heterocycles. The summed E-state index contributed by atoms with van der Waals surface area (Å²) in [4.78, 5) is 29.5. The van der Waals surface area contributed by atoms with Crippen LogP contribution in [-0.4, -0.2) is 66.0 Å². The molecule has 1 fully saturated rings. The number of aromatic nitrogens is 3. The lowest BCUT2D eigenvalue weighted by Crippen LogP contribution is -2.47. The maximum atomic E-state index is 10.7. The van der Waals surface area contributed by atoms with Crippen LogP contribution < -0.4 is 15.1 Å². The number of anilines is 3. The fourth-order valence-electron chi connectivity index (χ4n) is 3.60. The molecule has 2 heterocycles. The SMILES string of the molecule is CC(OC=O)c1ccccc1.CNc1cnnc(N2CCN(c3ccc(CC(=O)O)cc3)CC2)n1. The van der Waals surface area contributed by atoms with Crippen LogP contribution in [0.25, 0.3) is 0 Å². The van der Waals surface area contributed by atoms with E-state index >= 15 is 0 Å². The van der Waals surface area contributed by atoms with Crippen molar-refractivity contribution in [2.45, 2.75) is 19.4 Å². The predicted molar refractivity (Wildman–Crippen MR) is 134 cm³/mol. The predicted octanol–water partition coefficient (Wildman–Crippen LogP) is 2.79. The van der Waals surface area contributed by atoms with Gasteiger partial charge in [0.05, 0.1) is 12.6 Å². The zero-order valence-corrected chi connectivity index (χ0v) is 19.9. The van der Waals surface area contributed by atoms with Gasteiger partial charge in [0.25, 0.3) is 6.47 Å². The number of carbonyl (C=O) groups is 2. The van der Waals surface area contributed by atoms with Crippen molar-refractivity contribution in [1.82, 2.24) is 15.2 Å². The Labute approximate surface area is 204 Å². The summed E-state index contributed by atoms with van der Waals surface area (Å²) in [7, 11) is 1.81. The number of aliphatic carboxylic acids is 1. The van der Waals surface area contributed by atoms with Crippen molar-refractivity contribution in [3.8, 4) is 0 Å². The number of benzene rings is 2.